The van der Waals surface area contributed by atoms with E-state index in [0.717, 1.165) is 6.07 Å². The van der Waals surface area contributed by atoms with Crippen LogP contribution in [0.4, 0.5) is 11.4 Å². The zero-order valence-corrected chi connectivity index (χ0v) is 15.2. The average Bonchev–Trinajstić information content (AvgIpc) is 2.68. The molecule has 146 valence electrons. The molecule has 2 aromatic rings. The highest BCUT2D eigenvalue weighted by molar-refractivity contribution is 5.98. The number of nitro benzene ring substituents is 1. The number of anilines is 1. The number of hydrogen-bond donors (Lipinski definition) is 2. The van der Waals surface area contributed by atoms with Crippen molar-refractivity contribution in [2.24, 2.45) is 0 Å². The van der Waals surface area contributed by atoms with Crippen LogP contribution in [0.15, 0.2) is 54.6 Å². The van der Waals surface area contributed by atoms with Crippen LogP contribution in [0.2, 0.25) is 0 Å². The lowest BCUT2D eigenvalue weighted by atomic mass is 10.2. The molecule has 0 saturated heterocycles. The van der Waals surface area contributed by atoms with Gasteiger partial charge in [-0.25, -0.2) is 4.79 Å². The first-order valence-corrected chi connectivity index (χ1v) is 8.39. The van der Waals surface area contributed by atoms with Gasteiger partial charge in [-0.15, -0.1) is 0 Å². The highest BCUT2D eigenvalue weighted by Crippen LogP contribution is 2.13. The summed E-state index contributed by atoms with van der Waals surface area (Å²) in [7, 11) is 0. The molecule has 9 heteroatoms. The number of ether oxygens (including phenoxy) is 1. The molecule has 0 aliphatic heterocycles. The number of esters is 1. The van der Waals surface area contributed by atoms with Gasteiger partial charge >= 0.3 is 5.97 Å². The van der Waals surface area contributed by atoms with E-state index in [1.807, 2.05) is 0 Å². The Bertz CT molecular complexity index is 884. The van der Waals surface area contributed by atoms with Crippen molar-refractivity contribution in [1.29, 1.82) is 0 Å². The number of carbonyl (C=O) groups is 3. The first-order chi connectivity index (χ1) is 13.3. The topological polar surface area (TPSA) is 128 Å². The SMILES string of the molecule is C[C@H](NC(=O)c1cccc([N+](=O)[O-])c1)C(=O)O[C@H](C)C(=O)Nc1ccccc1. The number of carbonyl (C=O) groups excluding carboxylic acids is 3. The van der Waals surface area contributed by atoms with Crippen LogP contribution in [0.5, 0.6) is 0 Å². The second-order valence-electron chi connectivity index (χ2n) is 5.94. The molecule has 2 N–H and O–H groups in total. The van der Waals surface area contributed by atoms with Crippen LogP contribution in [0, 0.1) is 10.1 Å². The fourth-order valence-electron chi connectivity index (χ4n) is 2.19. The van der Waals surface area contributed by atoms with Gasteiger partial charge in [0.2, 0.25) is 0 Å². The summed E-state index contributed by atoms with van der Waals surface area (Å²) in [6, 6.07) is 12.7. The molecule has 9 nitrogen and oxygen atoms in total. The molecular formula is C19H19N3O6. The van der Waals surface area contributed by atoms with Crippen LogP contribution in [0.1, 0.15) is 24.2 Å². The van der Waals surface area contributed by atoms with Gasteiger partial charge in [0.1, 0.15) is 6.04 Å². The fraction of sp³-hybridized carbons (Fsp3) is 0.211. The van der Waals surface area contributed by atoms with E-state index in [1.54, 1.807) is 30.3 Å². The molecular weight excluding hydrogens is 366 g/mol. The van der Waals surface area contributed by atoms with Crippen molar-refractivity contribution >= 4 is 29.2 Å². The van der Waals surface area contributed by atoms with Gasteiger partial charge in [-0.2, -0.15) is 0 Å². The summed E-state index contributed by atoms with van der Waals surface area (Å²) in [4.78, 5) is 46.5. The van der Waals surface area contributed by atoms with Crippen molar-refractivity contribution in [1.82, 2.24) is 5.32 Å². The first kappa shape index (κ1) is 20.6. The fourth-order valence-corrected chi connectivity index (χ4v) is 2.19. The van der Waals surface area contributed by atoms with Crippen LogP contribution < -0.4 is 10.6 Å². The third kappa shape index (κ3) is 5.63. The molecule has 2 aromatic carbocycles. The minimum Gasteiger partial charge on any atom is -0.451 e. The summed E-state index contributed by atoms with van der Waals surface area (Å²) in [5, 5.41) is 15.8. The van der Waals surface area contributed by atoms with Gasteiger partial charge < -0.3 is 15.4 Å². The first-order valence-electron chi connectivity index (χ1n) is 8.39. The molecule has 0 saturated carbocycles. The third-order valence-electron chi connectivity index (χ3n) is 3.72. The minimum absolute atomic E-state index is 0.0312. The Balaban J connectivity index is 1.91. The van der Waals surface area contributed by atoms with Crippen molar-refractivity contribution < 1.29 is 24.0 Å². The number of benzene rings is 2. The molecule has 0 fully saturated rings. The van der Waals surface area contributed by atoms with Crippen molar-refractivity contribution in [3.63, 3.8) is 0 Å². The van der Waals surface area contributed by atoms with E-state index in [9.17, 15) is 24.5 Å². The largest absolute Gasteiger partial charge is 0.451 e. The van der Waals surface area contributed by atoms with E-state index in [1.165, 1.54) is 32.0 Å². The molecule has 0 bridgehead atoms. The third-order valence-corrected chi connectivity index (χ3v) is 3.72. The number of nitrogens with zero attached hydrogens (tertiary/aromatic N) is 1. The van der Waals surface area contributed by atoms with Crippen LogP contribution in [0.3, 0.4) is 0 Å². The number of hydrogen-bond acceptors (Lipinski definition) is 6. The number of nitrogens with one attached hydrogen (secondary N) is 2. The molecule has 0 heterocycles. The molecule has 2 amide bonds. The highest BCUT2D eigenvalue weighted by Gasteiger charge is 2.24. The van der Waals surface area contributed by atoms with Crippen molar-refractivity contribution in [2.75, 3.05) is 5.32 Å². The van der Waals surface area contributed by atoms with E-state index in [-0.39, 0.29) is 11.3 Å². The molecule has 2 rings (SSSR count). The summed E-state index contributed by atoms with van der Waals surface area (Å²) < 4.78 is 5.07. The Kier molecular flexibility index (Phi) is 6.80. The molecule has 2 atom stereocenters. The molecule has 0 radical (unpaired) electrons. The smallest absolute Gasteiger partial charge is 0.329 e. The molecule has 0 aliphatic carbocycles. The Morgan fingerprint density at radius 2 is 1.71 bits per heavy atom. The molecule has 28 heavy (non-hydrogen) atoms. The molecule has 0 spiro atoms. The van der Waals surface area contributed by atoms with Crippen molar-refractivity contribution in [2.45, 2.75) is 26.0 Å². The normalized spacial score (nSPS) is 12.4. The van der Waals surface area contributed by atoms with Crippen LogP contribution in [0.25, 0.3) is 0 Å². The standard InChI is InChI=1S/C19H19N3O6/c1-12(20-18(24)14-7-6-10-16(11-14)22(26)27)19(25)28-13(2)17(23)21-15-8-4-3-5-9-15/h3-13H,1-2H3,(H,20,24)(H,21,23)/t12-,13+/m0/s1. The summed E-state index contributed by atoms with van der Waals surface area (Å²) in [5.74, 6) is -2.00. The predicted octanol–water partition coefficient (Wildman–Crippen LogP) is 2.28. The zero-order chi connectivity index (χ0) is 20.7. The van der Waals surface area contributed by atoms with E-state index >= 15 is 0 Å². The van der Waals surface area contributed by atoms with Crippen LogP contribution >= 0.6 is 0 Å². The second kappa shape index (κ2) is 9.26. The van der Waals surface area contributed by atoms with E-state index in [0.29, 0.717) is 5.69 Å². The molecule has 0 aliphatic rings. The number of nitro groups is 1. The number of non-ortho nitro benzene ring substituents is 1. The summed E-state index contributed by atoms with van der Waals surface area (Å²) in [5.41, 5.74) is 0.347. The quantitative estimate of drug-likeness (QED) is 0.428. The van der Waals surface area contributed by atoms with E-state index in [4.69, 9.17) is 4.74 Å². The number of rotatable bonds is 7. The summed E-state index contributed by atoms with van der Waals surface area (Å²) in [6.07, 6.45) is -1.08. The summed E-state index contributed by atoms with van der Waals surface area (Å²) >= 11 is 0. The zero-order valence-electron chi connectivity index (χ0n) is 15.2. The Labute approximate surface area is 160 Å². The lowest BCUT2D eigenvalue weighted by molar-refractivity contribution is -0.384. The number of para-hydroxylation sites is 1. The predicted molar refractivity (Wildman–Crippen MR) is 101 cm³/mol. The van der Waals surface area contributed by atoms with Gasteiger partial charge in [-0.1, -0.05) is 24.3 Å². The van der Waals surface area contributed by atoms with E-state index in [2.05, 4.69) is 10.6 Å². The monoisotopic (exact) mass is 385 g/mol. The van der Waals surface area contributed by atoms with Gasteiger partial charge in [0.25, 0.3) is 17.5 Å². The second-order valence-corrected chi connectivity index (χ2v) is 5.94. The van der Waals surface area contributed by atoms with Crippen LogP contribution in [-0.4, -0.2) is 34.9 Å². The highest BCUT2D eigenvalue weighted by atomic mass is 16.6. The van der Waals surface area contributed by atoms with Gasteiger partial charge in [0.15, 0.2) is 6.10 Å². The maximum atomic E-state index is 12.2. The molecule has 0 aromatic heterocycles. The number of amides is 2. The van der Waals surface area contributed by atoms with Crippen LogP contribution in [-0.2, 0) is 14.3 Å². The lowest BCUT2D eigenvalue weighted by Crippen LogP contribution is -2.42. The lowest BCUT2D eigenvalue weighted by Gasteiger charge is -2.17. The van der Waals surface area contributed by atoms with Gasteiger partial charge in [-0.05, 0) is 32.0 Å². The van der Waals surface area contributed by atoms with Crippen molar-refractivity contribution in [3.8, 4) is 0 Å². The van der Waals surface area contributed by atoms with E-state index < -0.39 is 34.9 Å². The van der Waals surface area contributed by atoms with Gasteiger partial charge in [0.05, 0.1) is 4.92 Å². The van der Waals surface area contributed by atoms with Gasteiger partial charge in [0, 0.05) is 23.4 Å². The summed E-state index contributed by atoms with van der Waals surface area (Å²) in [6.45, 7) is 2.80. The minimum atomic E-state index is -1.08. The Morgan fingerprint density at radius 1 is 1.04 bits per heavy atom. The van der Waals surface area contributed by atoms with Crippen molar-refractivity contribution in [3.05, 3.63) is 70.3 Å². The van der Waals surface area contributed by atoms with Gasteiger partial charge in [-0.3, -0.25) is 19.7 Å². The molecule has 0 unspecified atom stereocenters. The maximum absolute atomic E-state index is 12.2. The average molecular weight is 385 g/mol. The Hall–Kier alpha value is -3.75. The Morgan fingerprint density at radius 3 is 2.36 bits per heavy atom. The maximum Gasteiger partial charge on any atom is 0.329 e.